The Morgan fingerprint density at radius 1 is 1.35 bits per heavy atom. The largest absolute Gasteiger partial charge is 0.385 e. The standard InChI is InChI=1S/C13H29N3O3S/c1-12(2)14-11-13-7-4-5-9-16(13)20(17,18)15-8-6-10-19-3/h12-15H,4-11H2,1-3H3. The number of hydrogen-bond donors (Lipinski definition) is 2. The Morgan fingerprint density at radius 3 is 2.75 bits per heavy atom. The minimum atomic E-state index is -3.37. The molecule has 120 valence electrons. The smallest absolute Gasteiger partial charge is 0.279 e. The monoisotopic (exact) mass is 307 g/mol. The van der Waals surface area contributed by atoms with Gasteiger partial charge in [0.1, 0.15) is 0 Å². The Labute approximate surface area is 123 Å². The van der Waals surface area contributed by atoms with E-state index in [9.17, 15) is 8.42 Å². The van der Waals surface area contributed by atoms with E-state index in [-0.39, 0.29) is 6.04 Å². The minimum absolute atomic E-state index is 0.0612. The third-order valence-corrected chi connectivity index (χ3v) is 5.12. The van der Waals surface area contributed by atoms with Gasteiger partial charge in [-0.05, 0) is 19.3 Å². The lowest BCUT2D eigenvalue weighted by Gasteiger charge is -2.35. The van der Waals surface area contributed by atoms with Gasteiger partial charge in [0, 0.05) is 45.4 Å². The van der Waals surface area contributed by atoms with E-state index in [1.165, 1.54) is 0 Å². The van der Waals surface area contributed by atoms with Gasteiger partial charge in [0.2, 0.25) is 0 Å². The number of rotatable bonds is 9. The van der Waals surface area contributed by atoms with E-state index >= 15 is 0 Å². The van der Waals surface area contributed by atoms with Crippen molar-refractivity contribution in [1.82, 2.24) is 14.3 Å². The van der Waals surface area contributed by atoms with Crippen molar-refractivity contribution < 1.29 is 13.2 Å². The highest BCUT2D eigenvalue weighted by molar-refractivity contribution is 7.87. The van der Waals surface area contributed by atoms with E-state index in [1.54, 1.807) is 11.4 Å². The maximum atomic E-state index is 12.4. The van der Waals surface area contributed by atoms with Crippen LogP contribution in [0.5, 0.6) is 0 Å². The van der Waals surface area contributed by atoms with Gasteiger partial charge < -0.3 is 10.1 Å². The molecule has 1 atom stereocenters. The second-order valence-corrected chi connectivity index (χ2v) is 7.28. The molecule has 1 heterocycles. The second kappa shape index (κ2) is 8.94. The Kier molecular flexibility index (Phi) is 7.98. The number of methoxy groups -OCH3 is 1. The number of ether oxygens (including phenoxy) is 1. The van der Waals surface area contributed by atoms with Crippen LogP contribution in [0.15, 0.2) is 0 Å². The molecule has 0 radical (unpaired) electrons. The van der Waals surface area contributed by atoms with Gasteiger partial charge in [-0.1, -0.05) is 20.3 Å². The summed E-state index contributed by atoms with van der Waals surface area (Å²) in [5, 5.41) is 3.34. The molecule has 0 aliphatic carbocycles. The molecule has 20 heavy (non-hydrogen) atoms. The van der Waals surface area contributed by atoms with Crippen LogP contribution in [0, 0.1) is 0 Å². The van der Waals surface area contributed by atoms with E-state index in [2.05, 4.69) is 23.9 Å². The van der Waals surface area contributed by atoms with Crippen LogP contribution in [-0.2, 0) is 14.9 Å². The summed E-state index contributed by atoms with van der Waals surface area (Å²) < 4.78 is 33.9. The number of piperidine rings is 1. The van der Waals surface area contributed by atoms with Crippen LogP contribution in [0.3, 0.4) is 0 Å². The van der Waals surface area contributed by atoms with Crippen molar-refractivity contribution in [3.05, 3.63) is 0 Å². The molecule has 0 aromatic carbocycles. The van der Waals surface area contributed by atoms with Gasteiger partial charge in [-0.3, -0.25) is 0 Å². The van der Waals surface area contributed by atoms with Crippen molar-refractivity contribution in [3.63, 3.8) is 0 Å². The molecule has 1 rings (SSSR count). The maximum Gasteiger partial charge on any atom is 0.279 e. The van der Waals surface area contributed by atoms with Gasteiger partial charge in [0.25, 0.3) is 10.2 Å². The first-order valence-corrected chi connectivity index (χ1v) is 8.90. The minimum Gasteiger partial charge on any atom is -0.385 e. The molecule has 1 fully saturated rings. The summed E-state index contributed by atoms with van der Waals surface area (Å²) in [4.78, 5) is 0. The molecule has 6 nitrogen and oxygen atoms in total. The van der Waals surface area contributed by atoms with E-state index in [4.69, 9.17) is 4.74 Å². The van der Waals surface area contributed by atoms with Gasteiger partial charge in [-0.15, -0.1) is 0 Å². The predicted molar refractivity (Wildman–Crippen MR) is 80.9 cm³/mol. The quantitative estimate of drug-likeness (QED) is 0.616. The van der Waals surface area contributed by atoms with E-state index in [0.29, 0.717) is 32.2 Å². The lowest BCUT2D eigenvalue weighted by molar-refractivity contribution is 0.195. The van der Waals surface area contributed by atoms with E-state index in [1.807, 2.05) is 0 Å². The summed E-state index contributed by atoms with van der Waals surface area (Å²) in [6.45, 7) is 6.48. The number of nitrogens with zero attached hydrogens (tertiary/aromatic N) is 1. The van der Waals surface area contributed by atoms with Crippen molar-refractivity contribution in [2.75, 3.05) is 33.4 Å². The fourth-order valence-electron chi connectivity index (χ4n) is 2.37. The molecule has 1 aliphatic rings. The molecule has 0 saturated carbocycles. The summed E-state index contributed by atoms with van der Waals surface area (Å²) in [6.07, 6.45) is 3.66. The Morgan fingerprint density at radius 2 is 2.10 bits per heavy atom. The van der Waals surface area contributed by atoms with Crippen LogP contribution in [0.25, 0.3) is 0 Å². The molecule has 1 unspecified atom stereocenters. The molecule has 1 aliphatic heterocycles. The SMILES string of the molecule is COCCCNS(=O)(=O)N1CCCCC1CNC(C)C. The van der Waals surface area contributed by atoms with Crippen LogP contribution in [0.4, 0.5) is 0 Å². The zero-order valence-electron chi connectivity index (χ0n) is 12.9. The van der Waals surface area contributed by atoms with E-state index < -0.39 is 10.2 Å². The lowest BCUT2D eigenvalue weighted by Crippen LogP contribution is -2.53. The normalized spacial score (nSPS) is 21.5. The number of nitrogens with one attached hydrogen (secondary N) is 2. The van der Waals surface area contributed by atoms with Crippen LogP contribution in [0.2, 0.25) is 0 Å². The molecule has 0 spiro atoms. The molecule has 0 aromatic heterocycles. The molecule has 2 N–H and O–H groups in total. The van der Waals surface area contributed by atoms with Gasteiger partial charge in [0.15, 0.2) is 0 Å². The van der Waals surface area contributed by atoms with Crippen LogP contribution in [0.1, 0.15) is 39.5 Å². The third kappa shape index (κ3) is 6.05. The first-order valence-electron chi connectivity index (χ1n) is 7.46. The van der Waals surface area contributed by atoms with Crippen molar-refractivity contribution in [3.8, 4) is 0 Å². The third-order valence-electron chi connectivity index (χ3n) is 3.45. The van der Waals surface area contributed by atoms with Gasteiger partial charge in [0.05, 0.1) is 0 Å². The first-order chi connectivity index (χ1) is 9.47. The summed E-state index contributed by atoms with van der Waals surface area (Å²) in [6, 6.07) is 0.433. The highest BCUT2D eigenvalue weighted by Gasteiger charge is 2.31. The fraction of sp³-hybridized carbons (Fsp3) is 1.00. The lowest BCUT2D eigenvalue weighted by atomic mass is 10.0. The van der Waals surface area contributed by atoms with Crippen LogP contribution >= 0.6 is 0 Å². The van der Waals surface area contributed by atoms with Crippen molar-refractivity contribution in [1.29, 1.82) is 0 Å². The second-order valence-electron chi connectivity index (χ2n) is 5.57. The fourth-order valence-corrected chi connectivity index (χ4v) is 3.88. The average molecular weight is 307 g/mol. The summed E-state index contributed by atoms with van der Waals surface area (Å²) in [7, 11) is -1.76. The summed E-state index contributed by atoms with van der Waals surface area (Å²) >= 11 is 0. The Bertz CT molecular complexity index is 360. The first kappa shape index (κ1) is 17.8. The van der Waals surface area contributed by atoms with Crippen molar-refractivity contribution in [2.45, 2.75) is 51.6 Å². The summed E-state index contributed by atoms with van der Waals surface area (Å²) in [5.74, 6) is 0. The van der Waals surface area contributed by atoms with Gasteiger partial charge >= 0.3 is 0 Å². The predicted octanol–water partition coefficient (Wildman–Crippen LogP) is 0.710. The van der Waals surface area contributed by atoms with Crippen LogP contribution < -0.4 is 10.0 Å². The highest BCUT2D eigenvalue weighted by atomic mass is 32.2. The van der Waals surface area contributed by atoms with Gasteiger partial charge in [-0.2, -0.15) is 12.7 Å². The molecular weight excluding hydrogens is 278 g/mol. The Hall–Kier alpha value is -0.210. The highest BCUT2D eigenvalue weighted by Crippen LogP contribution is 2.19. The molecule has 1 saturated heterocycles. The van der Waals surface area contributed by atoms with Crippen molar-refractivity contribution >= 4 is 10.2 Å². The zero-order valence-corrected chi connectivity index (χ0v) is 13.7. The molecule has 7 heteroatoms. The molecule has 0 aromatic rings. The Balaban J connectivity index is 2.53. The topological polar surface area (TPSA) is 70.7 Å². The van der Waals surface area contributed by atoms with E-state index in [0.717, 1.165) is 25.8 Å². The molecule has 0 bridgehead atoms. The maximum absolute atomic E-state index is 12.4. The molecule has 0 amide bonds. The summed E-state index contributed by atoms with van der Waals surface area (Å²) in [5.41, 5.74) is 0. The van der Waals surface area contributed by atoms with Gasteiger partial charge in [-0.25, -0.2) is 4.72 Å². The zero-order chi connectivity index (χ0) is 15.0. The average Bonchev–Trinajstić information content (AvgIpc) is 2.41. The van der Waals surface area contributed by atoms with Crippen molar-refractivity contribution in [2.24, 2.45) is 0 Å². The molecular formula is C13H29N3O3S. The number of hydrogen-bond acceptors (Lipinski definition) is 4. The van der Waals surface area contributed by atoms with Crippen LogP contribution in [-0.4, -0.2) is 58.2 Å².